The predicted octanol–water partition coefficient (Wildman–Crippen LogP) is 5.57. The van der Waals surface area contributed by atoms with Gasteiger partial charge in [0.1, 0.15) is 25.1 Å². The molecule has 0 unspecified atom stereocenters. The fraction of sp³-hybridized carbons (Fsp3) is 0.0769. The maximum Gasteiger partial charge on any atom is 0.303 e. The van der Waals surface area contributed by atoms with E-state index in [-0.39, 0.29) is 0 Å². The van der Waals surface area contributed by atoms with Gasteiger partial charge in [0.2, 0.25) is 0 Å². The maximum absolute atomic E-state index is 5.88. The summed E-state index contributed by atoms with van der Waals surface area (Å²) in [6.45, 7) is 0. The van der Waals surface area contributed by atoms with Crippen LogP contribution in [0.4, 0.5) is 46.8 Å². The van der Waals surface area contributed by atoms with Gasteiger partial charge in [-0.2, -0.15) is 0 Å². The highest BCUT2D eigenvalue weighted by molar-refractivity contribution is 5.90. The molecule has 0 saturated carbocycles. The fourth-order valence-electron chi connectivity index (χ4n) is 5.28. The first-order valence-electron chi connectivity index (χ1n) is 11.8. The number of para-hydroxylation sites is 4. The minimum Gasteiger partial charge on any atom is -0.432 e. The van der Waals surface area contributed by atoms with E-state index in [4.69, 9.17) is 17.7 Å². The van der Waals surface area contributed by atoms with Gasteiger partial charge in [-0.15, -0.1) is 0 Å². The van der Waals surface area contributed by atoms with Crippen LogP contribution in [0.15, 0.2) is 116 Å². The first-order valence-corrected chi connectivity index (χ1v) is 11.8. The Hall–Kier alpha value is -5.52. The summed E-state index contributed by atoms with van der Waals surface area (Å²) in [6, 6.07) is 17.4. The molecule has 2 aliphatic heterocycles. The van der Waals surface area contributed by atoms with Crippen LogP contribution in [-0.4, -0.2) is 32.3 Å². The van der Waals surface area contributed by atoms with Crippen LogP contribution in [0.2, 0.25) is 0 Å². The average molecular weight is 506 g/mol. The van der Waals surface area contributed by atoms with Gasteiger partial charge >= 0.3 is 24.1 Å². The number of anilines is 8. The van der Waals surface area contributed by atoms with Crippen LogP contribution in [0.25, 0.3) is 0 Å². The molecule has 6 aromatic rings. The van der Waals surface area contributed by atoms with Crippen molar-refractivity contribution in [1.29, 1.82) is 0 Å². The highest BCUT2D eigenvalue weighted by Gasteiger charge is 2.55. The van der Waals surface area contributed by atoms with Crippen molar-refractivity contribution in [2.24, 2.45) is 0 Å². The summed E-state index contributed by atoms with van der Waals surface area (Å²) in [7, 11) is 0. The van der Waals surface area contributed by atoms with Crippen LogP contribution in [0, 0.1) is 0 Å². The normalized spacial score (nSPS) is 15.5. The van der Waals surface area contributed by atoms with E-state index < -0.39 is 12.3 Å². The lowest BCUT2D eigenvalue weighted by Gasteiger charge is -2.39. The minimum absolute atomic E-state index is 0.396. The lowest BCUT2D eigenvalue weighted by Crippen LogP contribution is -2.58. The van der Waals surface area contributed by atoms with Gasteiger partial charge < -0.3 is 17.7 Å². The second-order valence-corrected chi connectivity index (χ2v) is 8.54. The number of oxazole rings is 4. The number of fused-ring (bicyclic) bond motifs is 2. The Morgan fingerprint density at radius 3 is 0.895 bits per heavy atom. The standard InChI is InChI=1S/C26H18N8O4/c1-2-6-18-17(5-1)31(23-27-9-13-35-23)21(32(18)24-28-10-14-36-24)22-33(25-29-11-15-37-25)19-7-3-4-8-20(19)34(22)26-30-12-16-38-26/h1-16,21-22H. The van der Waals surface area contributed by atoms with Crippen molar-refractivity contribution in [2.75, 3.05) is 19.6 Å². The predicted molar refractivity (Wildman–Crippen MR) is 135 cm³/mol. The van der Waals surface area contributed by atoms with Crippen LogP contribution in [-0.2, 0) is 0 Å². The number of rotatable bonds is 5. The molecule has 0 fully saturated rings. The summed E-state index contributed by atoms with van der Waals surface area (Å²) in [5.41, 5.74) is 3.42. The quantitative estimate of drug-likeness (QED) is 0.291. The molecular formula is C26H18N8O4. The molecule has 0 atom stereocenters. The van der Waals surface area contributed by atoms with E-state index in [1.165, 1.54) is 0 Å². The van der Waals surface area contributed by atoms with Crippen molar-refractivity contribution in [3.63, 3.8) is 0 Å². The van der Waals surface area contributed by atoms with E-state index in [1.54, 1.807) is 49.8 Å². The number of hydrogen-bond acceptors (Lipinski definition) is 12. The van der Waals surface area contributed by atoms with Gasteiger partial charge in [-0.1, -0.05) is 24.3 Å². The lowest BCUT2D eigenvalue weighted by atomic mass is 10.2. The first-order chi connectivity index (χ1) is 18.9. The van der Waals surface area contributed by atoms with E-state index in [9.17, 15) is 0 Å². The molecule has 186 valence electrons. The van der Waals surface area contributed by atoms with Gasteiger partial charge in [0, 0.05) is 0 Å². The summed E-state index contributed by atoms with van der Waals surface area (Å²) >= 11 is 0. The third kappa shape index (κ3) is 2.85. The largest absolute Gasteiger partial charge is 0.432 e. The van der Waals surface area contributed by atoms with E-state index in [0.717, 1.165) is 22.7 Å². The molecule has 8 rings (SSSR count). The second kappa shape index (κ2) is 8.00. The van der Waals surface area contributed by atoms with Gasteiger partial charge in [0.05, 0.1) is 47.5 Å². The van der Waals surface area contributed by atoms with Gasteiger partial charge in [0.25, 0.3) is 0 Å². The molecule has 0 amide bonds. The molecule has 0 radical (unpaired) electrons. The Bertz CT molecular complexity index is 1420. The van der Waals surface area contributed by atoms with Crippen LogP contribution < -0.4 is 19.6 Å². The van der Waals surface area contributed by atoms with Crippen molar-refractivity contribution >= 4 is 46.8 Å². The molecule has 12 heteroatoms. The molecule has 2 aliphatic rings. The topological polar surface area (TPSA) is 117 Å². The van der Waals surface area contributed by atoms with E-state index in [1.807, 2.05) is 68.1 Å². The minimum atomic E-state index is -0.573. The summed E-state index contributed by atoms with van der Waals surface area (Å²) < 4.78 is 23.5. The molecule has 0 N–H and O–H groups in total. The van der Waals surface area contributed by atoms with Gasteiger partial charge in [0.15, 0.2) is 12.3 Å². The van der Waals surface area contributed by atoms with E-state index in [2.05, 4.69) is 19.9 Å². The summed E-state index contributed by atoms with van der Waals surface area (Å²) in [5.74, 6) is 0. The smallest absolute Gasteiger partial charge is 0.303 e. The fourth-order valence-corrected chi connectivity index (χ4v) is 5.28. The zero-order valence-electron chi connectivity index (χ0n) is 19.6. The Morgan fingerprint density at radius 1 is 0.421 bits per heavy atom. The summed E-state index contributed by atoms with van der Waals surface area (Å²) in [5, 5.41) is 0. The Labute approximate surface area is 215 Å². The second-order valence-electron chi connectivity index (χ2n) is 8.54. The van der Waals surface area contributed by atoms with Crippen molar-refractivity contribution in [3.05, 3.63) is 98.4 Å². The van der Waals surface area contributed by atoms with Crippen molar-refractivity contribution in [3.8, 4) is 0 Å². The third-order valence-electron chi connectivity index (χ3n) is 6.63. The van der Waals surface area contributed by atoms with Crippen LogP contribution in [0.3, 0.4) is 0 Å². The van der Waals surface area contributed by atoms with Gasteiger partial charge in [-0.05, 0) is 24.3 Å². The molecule has 2 aromatic carbocycles. The first kappa shape index (κ1) is 20.7. The maximum atomic E-state index is 5.88. The molecule has 0 bridgehead atoms. The number of hydrogen-bond donors (Lipinski definition) is 0. The van der Waals surface area contributed by atoms with Gasteiger partial charge in [-0.3, -0.25) is 19.6 Å². The zero-order valence-corrected chi connectivity index (χ0v) is 19.6. The highest BCUT2D eigenvalue weighted by Crippen LogP contribution is 2.54. The SMILES string of the molecule is c1ccc2c(c1)N(c1ncco1)C(C1N(c3ncco3)c3ccccc3N1c1ncco1)N2c1ncco1. The highest BCUT2D eigenvalue weighted by atomic mass is 16.4. The molecule has 0 spiro atoms. The molecule has 4 aromatic heterocycles. The van der Waals surface area contributed by atoms with E-state index >= 15 is 0 Å². The molecule has 0 saturated heterocycles. The molecular weight excluding hydrogens is 488 g/mol. The van der Waals surface area contributed by atoms with Gasteiger partial charge in [-0.25, -0.2) is 19.9 Å². The molecule has 38 heavy (non-hydrogen) atoms. The number of benzene rings is 2. The van der Waals surface area contributed by atoms with Crippen LogP contribution in [0.1, 0.15) is 0 Å². The molecule has 12 nitrogen and oxygen atoms in total. The van der Waals surface area contributed by atoms with Crippen molar-refractivity contribution in [2.45, 2.75) is 12.3 Å². The van der Waals surface area contributed by atoms with Crippen LogP contribution >= 0.6 is 0 Å². The average Bonchev–Trinajstić information content (AvgIpc) is 3.78. The van der Waals surface area contributed by atoms with Crippen LogP contribution in [0.5, 0.6) is 0 Å². The van der Waals surface area contributed by atoms with E-state index in [0.29, 0.717) is 24.1 Å². The third-order valence-corrected chi connectivity index (χ3v) is 6.63. The zero-order chi connectivity index (χ0) is 25.1. The molecule has 6 heterocycles. The summed E-state index contributed by atoms with van der Waals surface area (Å²) in [6.07, 6.45) is 11.5. The lowest BCUT2D eigenvalue weighted by molar-refractivity contribution is 0.435. The van der Waals surface area contributed by atoms with Crippen molar-refractivity contribution < 1.29 is 17.7 Å². The Balaban J connectivity index is 1.42. The number of aromatic nitrogens is 4. The Kier molecular flexibility index (Phi) is 4.34. The monoisotopic (exact) mass is 506 g/mol. The number of nitrogens with zero attached hydrogens (tertiary/aromatic N) is 8. The van der Waals surface area contributed by atoms with Crippen molar-refractivity contribution in [1.82, 2.24) is 19.9 Å². The molecule has 0 aliphatic carbocycles. The Morgan fingerprint density at radius 2 is 0.684 bits per heavy atom. The summed E-state index contributed by atoms with van der Waals surface area (Å²) in [4.78, 5) is 26.1.